The van der Waals surface area contributed by atoms with Gasteiger partial charge in [0.1, 0.15) is 0 Å². The molecule has 1 aromatic rings. The summed E-state index contributed by atoms with van der Waals surface area (Å²) >= 11 is 0. The van der Waals surface area contributed by atoms with Gasteiger partial charge in [0.05, 0.1) is 11.8 Å². The Kier molecular flexibility index (Phi) is 5.06. The Bertz CT molecular complexity index is 671. The standard InChI is InChI=1S/C19H24N2O4/c1-12-4-2-3-11-21(12)18(23)13-5-7-14(8-6-13)20-17(22)15-9-10-16(15)19(24)25/h5-8,12,15-16H,2-4,9-11H2,1H3,(H,20,22)(H,24,25). The fourth-order valence-electron chi connectivity index (χ4n) is 3.61. The summed E-state index contributed by atoms with van der Waals surface area (Å²) in [7, 11) is 0. The van der Waals surface area contributed by atoms with E-state index in [0.717, 1.165) is 25.8 Å². The minimum Gasteiger partial charge on any atom is -0.481 e. The first-order valence-electron chi connectivity index (χ1n) is 8.92. The van der Waals surface area contributed by atoms with Gasteiger partial charge in [-0.25, -0.2) is 0 Å². The van der Waals surface area contributed by atoms with Crippen molar-refractivity contribution in [1.29, 1.82) is 0 Å². The number of piperidine rings is 1. The average molecular weight is 344 g/mol. The lowest BCUT2D eigenvalue weighted by atomic mass is 9.73. The zero-order chi connectivity index (χ0) is 18.0. The molecule has 2 amide bonds. The van der Waals surface area contributed by atoms with Crippen LogP contribution in [-0.4, -0.2) is 40.4 Å². The third-order valence-electron chi connectivity index (χ3n) is 5.39. The molecule has 134 valence electrons. The quantitative estimate of drug-likeness (QED) is 0.879. The van der Waals surface area contributed by atoms with E-state index >= 15 is 0 Å². The number of likely N-dealkylation sites (tertiary alicyclic amines) is 1. The molecule has 6 nitrogen and oxygen atoms in total. The molecule has 2 fully saturated rings. The largest absolute Gasteiger partial charge is 0.481 e. The monoisotopic (exact) mass is 344 g/mol. The third kappa shape index (κ3) is 3.67. The molecule has 1 aromatic carbocycles. The highest BCUT2D eigenvalue weighted by molar-refractivity contribution is 5.98. The van der Waals surface area contributed by atoms with Gasteiger partial charge in [0.15, 0.2) is 0 Å². The predicted molar refractivity (Wildman–Crippen MR) is 93.3 cm³/mol. The fourth-order valence-corrected chi connectivity index (χ4v) is 3.61. The normalized spacial score (nSPS) is 25.8. The Morgan fingerprint density at radius 2 is 1.72 bits per heavy atom. The van der Waals surface area contributed by atoms with Gasteiger partial charge in [-0.15, -0.1) is 0 Å². The van der Waals surface area contributed by atoms with Crippen LogP contribution in [0.5, 0.6) is 0 Å². The highest BCUT2D eigenvalue weighted by Gasteiger charge is 2.41. The van der Waals surface area contributed by atoms with Gasteiger partial charge in [0.25, 0.3) is 5.91 Å². The Labute approximate surface area is 147 Å². The van der Waals surface area contributed by atoms with Crippen LogP contribution in [-0.2, 0) is 9.59 Å². The Morgan fingerprint density at radius 3 is 2.28 bits per heavy atom. The predicted octanol–water partition coefficient (Wildman–Crippen LogP) is 2.75. The highest BCUT2D eigenvalue weighted by Crippen LogP contribution is 2.35. The molecule has 0 bridgehead atoms. The first kappa shape index (κ1) is 17.5. The summed E-state index contributed by atoms with van der Waals surface area (Å²) in [6.45, 7) is 2.86. The molecule has 25 heavy (non-hydrogen) atoms. The minimum atomic E-state index is -0.914. The molecule has 6 heteroatoms. The number of carbonyl (C=O) groups is 3. The molecule has 1 saturated heterocycles. The maximum Gasteiger partial charge on any atom is 0.307 e. The van der Waals surface area contributed by atoms with Gasteiger partial charge >= 0.3 is 5.97 Å². The molecule has 2 aliphatic rings. The van der Waals surface area contributed by atoms with Gasteiger partial charge in [-0.2, -0.15) is 0 Å². The van der Waals surface area contributed by atoms with Crippen molar-refractivity contribution in [3.63, 3.8) is 0 Å². The topological polar surface area (TPSA) is 86.7 Å². The van der Waals surface area contributed by atoms with Crippen molar-refractivity contribution in [2.24, 2.45) is 11.8 Å². The van der Waals surface area contributed by atoms with Crippen molar-refractivity contribution < 1.29 is 19.5 Å². The van der Waals surface area contributed by atoms with Crippen molar-refractivity contribution in [3.05, 3.63) is 29.8 Å². The molecule has 3 rings (SSSR count). The van der Waals surface area contributed by atoms with E-state index < -0.39 is 17.8 Å². The summed E-state index contributed by atoms with van der Waals surface area (Å²) in [5, 5.41) is 11.8. The van der Waals surface area contributed by atoms with Gasteiger partial charge in [-0.1, -0.05) is 0 Å². The number of carboxylic acids is 1. The number of carboxylic acid groups (broad SMARTS) is 1. The molecule has 3 unspecified atom stereocenters. The van der Waals surface area contributed by atoms with E-state index in [4.69, 9.17) is 5.11 Å². The van der Waals surface area contributed by atoms with Gasteiger partial charge in [-0.05, 0) is 63.3 Å². The van der Waals surface area contributed by atoms with Crippen LogP contribution in [0, 0.1) is 11.8 Å². The van der Waals surface area contributed by atoms with E-state index in [1.54, 1.807) is 24.3 Å². The van der Waals surface area contributed by atoms with Crippen LogP contribution in [0.15, 0.2) is 24.3 Å². The van der Waals surface area contributed by atoms with Crippen molar-refractivity contribution in [3.8, 4) is 0 Å². The molecular formula is C19H24N2O4. The zero-order valence-electron chi connectivity index (χ0n) is 14.4. The van der Waals surface area contributed by atoms with Crippen molar-refractivity contribution in [1.82, 2.24) is 4.90 Å². The van der Waals surface area contributed by atoms with Crippen LogP contribution < -0.4 is 5.32 Å². The van der Waals surface area contributed by atoms with Crippen molar-refractivity contribution >= 4 is 23.5 Å². The van der Waals surface area contributed by atoms with E-state index in [1.807, 2.05) is 4.90 Å². The summed E-state index contributed by atoms with van der Waals surface area (Å²) in [6, 6.07) is 7.10. The lowest BCUT2D eigenvalue weighted by Crippen LogP contribution is -2.42. The first-order valence-corrected chi connectivity index (χ1v) is 8.92. The van der Waals surface area contributed by atoms with Gasteiger partial charge in [0.2, 0.25) is 5.91 Å². The van der Waals surface area contributed by atoms with Crippen LogP contribution >= 0.6 is 0 Å². The van der Waals surface area contributed by atoms with Crippen molar-refractivity contribution in [2.45, 2.75) is 45.1 Å². The Morgan fingerprint density at radius 1 is 1.04 bits per heavy atom. The van der Waals surface area contributed by atoms with E-state index in [9.17, 15) is 14.4 Å². The second kappa shape index (κ2) is 7.25. The molecule has 1 aliphatic carbocycles. The lowest BCUT2D eigenvalue weighted by molar-refractivity contribution is -0.151. The summed E-state index contributed by atoms with van der Waals surface area (Å²) in [6.07, 6.45) is 4.39. The molecule has 1 saturated carbocycles. The first-order chi connectivity index (χ1) is 12.0. The molecular weight excluding hydrogens is 320 g/mol. The number of benzene rings is 1. The van der Waals surface area contributed by atoms with E-state index in [0.29, 0.717) is 24.1 Å². The van der Waals surface area contributed by atoms with Crippen LogP contribution in [0.4, 0.5) is 5.69 Å². The van der Waals surface area contributed by atoms with Crippen LogP contribution in [0.25, 0.3) is 0 Å². The second-order valence-electron chi connectivity index (χ2n) is 7.04. The van der Waals surface area contributed by atoms with E-state index in [1.165, 1.54) is 0 Å². The number of amides is 2. The summed E-state index contributed by atoms with van der Waals surface area (Å²) in [4.78, 5) is 37.7. The van der Waals surface area contributed by atoms with Gasteiger partial charge < -0.3 is 15.3 Å². The third-order valence-corrected chi connectivity index (χ3v) is 5.39. The second-order valence-corrected chi connectivity index (χ2v) is 7.04. The van der Waals surface area contributed by atoms with Crippen LogP contribution in [0.1, 0.15) is 49.4 Å². The number of anilines is 1. The number of rotatable bonds is 4. The number of hydrogen-bond acceptors (Lipinski definition) is 3. The minimum absolute atomic E-state index is 0.0232. The maximum absolute atomic E-state index is 12.6. The highest BCUT2D eigenvalue weighted by atomic mass is 16.4. The van der Waals surface area contributed by atoms with Crippen molar-refractivity contribution in [2.75, 3.05) is 11.9 Å². The fraction of sp³-hybridized carbons (Fsp3) is 0.526. The zero-order valence-corrected chi connectivity index (χ0v) is 14.4. The molecule has 3 atom stereocenters. The van der Waals surface area contributed by atoms with Crippen LogP contribution in [0.3, 0.4) is 0 Å². The number of aliphatic carboxylic acids is 1. The number of nitrogens with one attached hydrogen (secondary N) is 1. The summed E-state index contributed by atoms with van der Waals surface area (Å²) in [5.74, 6) is -2.20. The molecule has 0 radical (unpaired) electrons. The molecule has 2 N–H and O–H groups in total. The summed E-state index contributed by atoms with van der Waals surface area (Å²) in [5.41, 5.74) is 1.20. The number of hydrogen-bond donors (Lipinski definition) is 2. The summed E-state index contributed by atoms with van der Waals surface area (Å²) < 4.78 is 0. The molecule has 1 heterocycles. The number of nitrogens with zero attached hydrogens (tertiary/aromatic N) is 1. The number of carbonyl (C=O) groups excluding carboxylic acids is 2. The van der Waals surface area contributed by atoms with E-state index in [2.05, 4.69) is 12.2 Å². The molecule has 1 aliphatic heterocycles. The lowest BCUT2D eigenvalue weighted by Gasteiger charge is -2.33. The van der Waals surface area contributed by atoms with E-state index in [-0.39, 0.29) is 17.9 Å². The molecule has 0 spiro atoms. The van der Waals surface area contributed by atoms with Gasteiger partial charge in [-0.3, -0.25) is 14.4 Å². The SMILES string of the molecule is CC1CCCCN1C(=O)c1ccc(NC(=O)C2CCC2C(=O)O)cc1. The Hall–Kier alpha value is -2.37. The maximum atomic E-state index is 12.6. The Balaban J connectivity index is 1.61. The average Bonchev–Trinajstić information content (AvgIpc) is 2.53. The molecule has 0 aromatic heterocycles. The van der Waals surface area contributed by atoms with Crippen LogP contribution in [0.2, 0.25) is 0 Å². The van der Waals surface area contributed by atoms with Gasteiger partial charge in [0, 0.05) is 23.8 Å². The smallest absolute Gasteiger partial charge is 0.307 e.